The maximum absolute atomic E-state index is 5.85. The minimum absolute atomic E-state index is 0.312. The van der Waals surface area contributed by atoms with E-state index in [4.69, 9.17) is 27.4 Å². The van der Waals surface area contributed by atoms with Gasteiger partial charge in [0.2, 0.25) is 0 Å². The van der Waals surface area contributed by atoms with Crippen molar-refractivity contribution in [2.24, 2.45) is 5.73 Å². The Morgan fingerprint density at radius 2 is 1.86 bits per heavy atom. The van der Waals surface area contributed by atoms with E-state index in [-0.39, 0.29) is 0 Å². The zero-order chi connectivity index (χ0) is 15.1. The highest BCUT2D eigenvalue weighted by atomic mass is 32.1. The van der Waals surface area contributed by atoms with Gasteiger partial charge in [-0.15, -0.1) is 0 Å². The van der Waals surface area contributed by atoms with Crippen molar-refractivity contribution in [1.29, 1.82) is 0 Å². The van der Waals surface area contributed by atoms with Gasteiger partial charge in [-0.1, -0.05) is 48.6 Å². The van der Waals surface area contributed by atoms with Crippen LogP contribution in [0.2, 0.25) is 0 Å². The van der Waals surface area contributed by atoms with Crippen molar-refractivity contribution in [3.05, 3.63) is 59.7 Å². The summed E-state index contributed by atoms with van der Waals surface area (Å²) in [5, 5.41) is 0. The van der Waals surface area contributed by atoms with Gasteiger partial charge in [-0.2, -0.15) is 0 Å². The molecule has 0 aliphatic carbocycles. The third-order valence-corrected chi connectivity index (χ3v) is 3.38. The van der Waals surface area contributed by atoms with Gasteiger partial charge in [0.25, 0.3) is 0 Å². The average molecular weight is 301 g/mol. The van der Waals surface area contributed by atoms with Crippen LogP contribution in [-0.4, -0.2) is 18.7 Å². The maximum Gasteiger partial charge on any atom is 0.171 e. The molecule has 2 aromatic carbocycles. The number of ether oxygens (including phenoxy) is 2. The van der Waals surface area contributed by atoms with Crippen molar-refractivity contribution in [3.63, 3.8) is 0 Å². The first-order valence-corrected chi connectivity index (χ1v) is 7.26. The molecule has 3 nitrogen and oxygen atoms in total. The summed E-state index contributed by atoms with van der Waals surface area (Å²) in [6.07, 6.45) is 1.89. The molecule has 0 bridgehead atoms. The Balaban J connectivity index is 1.98. The van der Waals surface area contributed by atoms with Crippen LogP contribution in [0.1, 0.15) is 17.5 Å². The lowest BCUT2D eigenvalue weighted by atomic mass is 10.1. The van der Waals surface area contributed by atoms with Crippen molar-refractivity contribution in [2.45, 2.75) is 12.8 Å². The van der Waals surface area contributed by atoms with Gasteiger partial charge < -0.3 is 15.2 Å². The highest BCUT2D eigenvalue weighted by Gasteiger charge is 2.12. The van der Waals surface area contributed by atoms with Crippen molar-refractivity contribution < 1.29 is 9.47 Å². The van der Waals surface area contributed by atoms with Crippen LogP contribution in [0.25, 0.3) is 0 Å². The number of thiocarbonyl (C=S) groups is 1. The molecule has 0 unspecified atom stereocenters. The molecule has 0 aliphatic heterocycles. The SMILES string of the molecule is COc1cccc(C(N)=S)c1OCCCc1ccccc1. The molecule has 0 radical (unpaired) electrons. The lowest BCUT2D eigenvalue weighted by Crippen LogP contribution is -2.13. The van der Waals surface area contributed by atoms with Crippen molar-refractivity contribution >= 4 is 17.2 Å². The zero-order valence-electron chi connectivity index (χ0n) is 12.0. The molecule has 0 saturated carbocycles. The molecule has 4 heteroatoms. The number of aryl methyl sites for hydroxylation is 1. The predicted octanol–water partition coefficient (Wildman–Crippen LogP) is 3.34. The lowest BCUT2D eigenvalue weighted by Gasteiger charge is -2.14. The van der Waals surface area contributed by atoms with Gasteiger partial charge in [-0.3, -0.25) is 0 Å². The Kier molecular flexibility index (Phi) is 5.58. The smallest absolute Gasteiger partial charge is 0.171 e. The van der Waals surface area contributed by atoms with Gasteiger partial charge in [0.05, 0.1) is 19.3 Å². The Morgan fingerprint density at radius 3 is 2.52 bits per heavy atom. The van der Waals surface area contributed by atoms with E-state index in [2.05, 4.69) is 12.1 Å². The van der Waals surface area contributed by atoms with Gasteiger partial charge in [0, 0.05) is 0 Å². The zero-order valence-corrected chi connectivity index (χ0v) is 12.9. The number of methoxy groups -OCH3 is 1. The number of hydrogen-bond acceptors (Lipinski definition) is 3. The highest BCUT2D eigenvalue weighted by Crippen LogP contribution is 2.31. The van der Waals surface area contributed by atoms with Gasteiger partial charge >= 0.3 is 0 Å². The van der Waals surface area contributed by atoms with Crippen LogP contribution in [0.5, 0.6) is 11.5 Å². The molecule has 2 aromatic rings. The van der Waals surface area contributed by atoms with E-state index in [1.165, 1.54) is 5.56 Å². The molecule has 0 aliphatic rings. The highest BCUT2D eigenvalue weighted by molar-refractivity contribution is 7.80. The largest absolute Gasteiger partial charge is 0.493 e. The van der Waals surface area contributed by atoms with Crippen LogP contribution in [0.15, 0.2) is 48.5 Å². The van der Waals surface area contributed by atoms with Gasteiger partial charge in [-0.25, -0.2) is 0 Å². The second-order valence-electron chi connectivity index (χ2n) is 4.64. The summed E-state index contributed by atoms with van der Waals surface area (Å²) in [7, 11) is 1.61. The number of nitrogens with two attached hydrogens (primary N) is 1. The molecule has 0 heterocycles. The van der Waals surface area contributed by atoms with E-state index in [0.717, 1.165) is 12.8 Å². The first kappa shape index (κ1) is 15.3. The summed E-state index contributed by atoms with van der Waals surface area (Å²) in [5.41, 5.74) is 7.74. The molecule has 21 heavy (non-hydrogen) atoms. The molecule has 0 aromatic heterocycles. The minimum atomic E-state index is 0.312. The first-order valence-electron chi connectivity index (χ1n) is 6.86. The van der Waals surface area contributed by atoms with E-state index in [9.17, 15) is 0 Å². The minimum Gasteiger partial charge on any atom is -0.493 e. The fourth-order valence-electron chi connectivity index (χ4n) is 2.11. The molecule has 0 fully saturated rings. The fraction of sp³-hybridized carbons (Fsp3) is 0.235. The monoisotopic (exact) mass is 301 g/mol. The van der Waals surface area contributed by atoms with E-state index in [1.54, 1.807) is 7.11 Å². The second-order valence-corrected chi connectivity index (χ2v) is 5.08. The molecule has 0 amide bonds. The Labute approximate surface area is 130 Å². The van der Waals surface area contributed by atoms with E-state index in [1.807, 2.05) is 36.4 Å². The van der Waals surface area contributed by atoms with Crippen LogP contribution in [-0.2, 0) is 6.42 Å². The molecule has 0 spiro atoms. The number of hydrogen-bond donors (Lipinski definition) is 1. The Morgan fingerprint density at radius 1 is 1.10 bits per heavy atom. The van der Waals surface area contributed by atoms with E-state index >= 15 is 0 Å². The Bertz CT molecular complexity index is 599. The third kappa shape index (κ3) is 4.20. The van der Waals surface area contributed by atoms with Crippen molar-refractivity contribution in [3.8, 4) is 11.5 Å². The predicted molar refractivity (Wildman–Crippen MR) is 89.1 cm³/mol. The van der Waals surface area contributed by atoms with Crippen molar-refractivity contribution in [2.75, 3.05) is 13.7 Å². The number of rotatable bonds is 7. The molecule has 0 atom stereocenters. The average Bonchev–Trinajstić information content (AvgIpc) is 2.52. The molecular formula is C17H19NO2S. The van der Waals surface area contributed by atoms with Crippen LogP contribution in [0.4, 0.5) is 0 Å². The van der Waals surface area contributed by atoms with Gasteiger partial charge in [0.1, 0.15) is 4.99 Å². The number of para-hydroxylation sites is 1. The summed E-state index contributed by atoms with van der Waals surface area (Å²) in [6, 6.07) is 15.9. The fourth-order valence-corrected chi connectivity index (χ4v) is 2.28. The van der Waals surface area contributed by atoms with Gasteiger partial charge in [-0.05, 0) is 30.5 Å². The van der Waals surface area contributed by atoms with Crippen LogP contribution in [0.3, 0.4) is 0 Å². The normalized spacial score (nSPS) is 10.1. The summed E-state index contributed by atoms with van der Waals surface area (Å²) < 4.78 is 11.2. The summed E-state index contributed by atoms with van der Waals surface area (Å²) in [4.78, 5) is 0.312. The quantitative estimate of drug-likeness (QED) is 0.629. The molecule has 2 N–H and O–H groups in total. The second kappa shape index (κ2) is 7.64. The lowest BCUT2D eigenvalue weighted by molar-refractivity contribution is 0.289. The summed E-state index contributed by atoms with van der Waals surface area (Å²) in [6.45, 7) is 0.588. The Hall–Kier alpha value is -2.07. The van der Waals surface area contributed by atoms with Crippen LogP contribution < -0.4 is 15.2 Å². The summed E-state index contributed by atoms with van der Waals surface area (Å²) >= 11 is 5.05. The molecule has 0 saturated heterocycles. The topological polar surface area (TPSA) is 44.5 Å². The van der Waals surface area contributed by atoms with E-state index < -0.39 is 0 Å². The third-order valence-electron chi connectivity index (χ3n) is 3.16. The standard InChI is InChI=1S/C17H19NO2S/c1-19-15-11-5-10-14(17(18)21)16(15)20-12-6-9-13-7-3-2-4-8-13/h2-5,7-8,10-11H,6,9,12H2,1H3,(H2,18,21). The van der Waals surface area contributed by atoms with E-state index in [0.29, 0.717) is 28.7 Å². The summed E-state index contributed by atoms with van der Waals surface area (Å²) in [5.74, 6) is 1.28. The van der Waals surface area contributed by atoms with Crippen LogP contribution >= 0.6 is 12.2 Å². The molecule has 2 rings (SSSR count). The first-order chi connectivity index (χ1) is 10.2. The van der Waals surface area contributed by atoms with Crippen molar-refractivity contribution in [1.82, 2.24) is 0 Å². The number of benzene rings is 2. The van der Waals surface area contributed by atoms with Gasteiger partial charge in [0.15, 0.2) is 11.5 Å². The van der Waals surface area contributed by atoms with Crippen LogP contribution in [0, 0.1) is 0 Å². The molecular weight excluding hydrogens is 282 g/mol. The molecule has 110 valence electrons. The maximum atomic E-state index is 5.85.